The molecule has 0 aromatic heterocycles. The molecular weight excluding hydrogens is 252 g/mol. The highest BCUT2D eigenvalue weighted by Gasteiger charge is 2.20. The van der Waals surface area contributed by atoms with Crippen molar-refractivity contribution in [2.45, 2.75) is 33.2 Å². The van der Waals surface area contributed by atoms with Crippen LogP contribution in [0.3, 0.4) is 0 Å². The highest BCUT2D eigenvalue weighted by Crippen LogP contribution is 2.19. The summed E-state index contributed by atoms with van der Waals surface area (Å²) in [7, 11) is 0. The van der Waals surface area contributed by atoms with Gasteiger partial charge >= 0.3 is 11.8 Å². The van der Waals surface area contributed by atoms with Crippen LogP contribution < -0.4 is 10.6 Å². The molecule has 0 saturated carbocycles. The monoisotopic (exact) mass is 268 g/mol. The van der Waals surface area contributed by atoms with Crippen LogP contribution in [0.4, 0.5) is 5.69 Å². The Morgan fingerprint density at radius 3 is 2.28 bits per heavy atom. The molecule has 1 rings (SSSR count). The molecule has 0 atom stereocenters. The predicted octanol–water partition coefficient (Wildman–Crippen LogP) is 2.50. The first-order chi connectivity index (χ1) is 8.19. The number of hydrogen-bond acceptors (Lipinski definition) is 2. The zero-order valence-corrected chi connectivity index (χ0v) is 11.7. The maximum atomic E-state index is 11.6. The molecule has 0 aliphatic rings. The molecule has 0 heterocycles. The van der Waals surface area contributed by atoms with Crippen LogP contribution >= 0.6 is 11.6 Å². The molecule has 0 spiro atoms. The molecule has 0 saturated heterocycles. The molecule has 1 aromatic rings. The van der Waals surface area contributed by atoms with Gasteiger partial charge in [-0.1, -0.05) is 17.7 Å². The first-order valence-corrected chi connectivity index (χ1v) is 5.96. The van der Waals surface area contributed by atoms with E-state index in [1.807, 2.05) is 6.92 Å². The summed E-state index contributed by atoms with van der Waals surface area (Å²) in [6, 6.07) is 5.09. The van der Waals surface area contributed by atoms with Gasteiger partial charge < -0.3 is 10.6 Å². The molecular formula is C13H17ClN2O2. The highest BCUT2D eigenvalue weighted by molar-refractivity contribution is 6.40. The lowest BCUT2D eigenvalue weighted by Crippen LogP contribution is -2.46. The van der Waals surface area contributed by atoms with Gasteiger partial charge in [0.25, 0.3) is 0 Å². The number of anilines is 1. The van der Waals surface area contributed by atoms with Crippen LogP contribution in [0.15, 0.2) is 18.2 Å². The summed E-state index contributed by atoms with van der Waals surface area (Å²) >= 11 is 5.93. The molecule has 0 unspecified atom stereocenters. The first kappa shape index (κ1) is 14.5. The number of carbonyl (C=O) groups is 2. The normalized spacial score (nSPS) is 10.9. The lowest BCUT2D eigenvalue weighted by molar-refractivity contribution is -0.137. The van der Waals surface area contributed by atoms with Crippen molar-refractivity contribution in [3.05, 3.63) is 28.8 Å². The number of benzene rings is 1. The zero-order valence-electron chi connectivity index (χ0n) is 10.9. The first-order valence-electron chi connectivity index (χ1n) is 5.59. The topological polar surface area (TPSA) is 58.2 Å². The molecule has 0 aliphatic heterocycles. The van der Waals surface area contributed by atoms with Gasteiger partial charge in [0.15, 0.2) is 0 Å². The summed E-state index contributed by atoms with van der Waals surface area (Å²) in [5, 5.41) is 5.62. The van der Waals surface area contributed by atoms with E-state index in [4.69, 9.17) is 11.6 Å². The van der Waals surface area contributed by atoms with E-state index in [0.29, 0.717) is 10.7 Å². The number of hydrogen-bond donors (Lipinski definition) is 2. The lowest BCUT2D eigenvalue weighted by Gasteiger charge is -2.19. The average molecular weight is 269 g/mol. The Morgan fingerprint density at radius 2 is 1.78 bits per heavy atom. The van der Waals surface area contributed by atoms with Crippen molar-refractivity contribution in [1.29, 1.82) is 0 Å². The molecule has 0 bridgehead atoms. The largest absolute Gasteiger partial charge is 0.343 e. The fourth-order valence-corrected chi connectivity index (χ4v) is 1.44. The Balaban J connectivity index is 2.70. The molecule has 0 aliphatic carbocycles. The van der Waals surface area contributed by atoms with Crippen molar-refractivity contribution in [1.82, 2.24) is 5.32 Å². The van der Waals surface area contributed by atoms with Crippen molar-refractivity contribution < 1.29 is 9.59 Å². The minimum absolute atomic E-state index is 0.445. The van der Waals surface area contributed by atoms with Gasteiger partial charge in [0.2, 0.25) is 0 Å². The minimum atomic E-state index is -0.704. The van der Waals surface area contributed by atoms with Gasteiger partial charge in [0.05, 0.1) is 0 Å². The molecule has 18 heavy (non-hydrogen) atoms. The van der Waals surface area contributed by atoms with Crippen molar-refractivity contribution >= 4 is 29.1 Å². The summed E-state index contributed by atoms with van der Waals surface area (Å²) in [6.45, 7) is 7.28. The Morgan fingerprint density at radius 1 is 1.17 bits per heavy atom. The van der Waals surface area contributed by atoms with Crippen molar-refractivity contribution in [3.63, 3.8) is 0 Å². The van der Waals surface area contributed by atoms with Crippen LogP contribution in [0.5, 0.6) is 0 Å². The molecule has 0 radical (unpaired) electrons. The quantitative estimate of drug-likeness (QED) is 0.769. The standard InChI is InChI=1S/C13H17ClN2O2/c1-8-5-6-9(7-10(8)14)15-11(17)12(18)16-13(2,3)4/h5-7H,1-4H3,(H,15,17)(H,16,18). The number of carbonyl (C=O) groups excluding carboxylic acids is 2. The van der Waals surface area contributed by atoms with Crippen molar-refractivity contribution in [2.75, 3.05) is 5.32 Å². The third-order valence-corrected chi connectivity index (χ3v) is 2.53. The van der Waals surface area contributed by atoms with Crippen molar-refractivity contribution in [2.24, 2.45) is 0 Å². The average Bonchev–Trinajstić information content (AvgIpc) is 2.21. The second-order valence-corrected chi connectivity index (χ2v) is 5.53. The van der Waals surface area contributed by atoms with Crippen LogP contribution in [-0.2, 0) is 9.59 Å². The van der Waals surface area contributed by atoms with Crippen LogP contribution in [0.2, 0.25) is 5.02 Å². The third-order valence-electron chi connectivity index (χ3n) is 2.12. The summed E-state index contributed by atoms with van der Waals surface area (Å²) in [5.41, 5.74) is 0.966. The number of nitrogens with one attached hydrogen (secondary N) is 2. The van der Waals surface area contributed by atoms with Gasteiger partial charge in [-0.15, -0.1) is 0 Å². The molecule has 0 fully saturated rings. The number of amides is 2. The van der Waals surface area contributed by atoms with E-state index in [1.54, 1.807) is 39.0 Å². The molecule has 2 amide bonds. The van der Waals surface area contributed by atoms with Gasteiger partial charge in [0, 0.05) is 16.2 Å². The highest BCUT2D eigenvalue weighted by atomic mass is 35.5. The Hall–Kier alpha value is -1.55. The van der Waals surface area contributed by atoms with Crippen molar-refractivity contribution in [3.8, 4) is 0 Å². The van der Waals surface area contributed by atoms with Gasteiger partial charge in [-0.3, -0.25) is 9.59 Å². The Kier molecular flexibility index (Phi) is 4.35. The van der Waals surface area contributed by atoms with Gasteiger partial charge in [0.1, 0.15) is 0 Å². The van der Waals surface area contributed by atoms with E-state index in [9.17, 15) is 9.59 Å². The molecule has 98 valence electrons. The smallest absolute Gasteiger partial charge is 0.313 e. The number of rotatable bonds is 1. The van der Waals surface area contributed by atoms with E-state index < -0.39 is 17.4 Å². The van der Waals surface area contributed by atoms with Crippen LogP contribution in [0, 0.1) is 6.92 Å². The number of halogens is 1. The third kappa shape index (κ3) is 4.37. The number of aryl methyl sites for hydroxylation is 1. The van der Waals surface area contributed by atoms with E-state index in [2.05, 4.69) is 10.6 Å². The summed E-state index contributed by atoms with van der Waals surface area (Å²) < 4.78 is 0. The minimum Gasteiger partial charge on any atom is -0.343 e. The van der Waals surface area contributed by atoms with E-state index in [-0.39, 0.29) is 0 Å². The zero-order chi connectivity index (χ0) is 13.9. The van der Waals surface area contributed by atoms with E-state index in [1.165, 1.54) is 0 Å². The fraction of sp³-hybridized carbons (Fsp3) is 0.385. The van der Waals surface area contributed by atoms with Crippen LogP contribution in [0.1, 0.15) is 26.3 Å². The van der Waals surface area contributed by atoms with Gasteiger partial charge in [-0.05, 0) is 45.4 Å². The maximum absolute atomic E-state index is 11.6. The summed E-state index contributed by atoms with van der Waals surface area (Å²) in [6.07, 6.45) is 0. The second kappa shape index (κ2) is 5.40. The van der Waals surface area contributed by atoms with Gasteiger partial charge in [-0.25, -0.2) is 0 Å². The van der Waals surface area contributed by atoms with E-state index in [0.717, 1.165) is 5.56 Å². The SMILES string of the molecule is Cc1ccc(NC(=O)C(=O)NC(C)(C)C)cc1Cl. The summed E-state index contributed by atoms with van der Waals surface area (Å²) in [5.74, 6) is -1.37. The summed E-state index contributed by atoms with van der Waals surface area (Å²) in [4.78, 5) is 23.2. The van der Waals surface area contributed by atoms with Gasteiger partial charge in [-0.2, -0.15) is 0 Å². The van der Waals surface area contributed by atoms with Crippen LogP contribution in [0.25, 0.3) is 0 Å². The predicted molar refractivity (Wildman–Crippen MR) is 72.7 cm³/mol. The molecule has 2 N–H and O–H groups in total. The lowest BCUT2D eigenvalue weighted by atomic mass is 10.1. The molecule has 5 heteroatoms. The Bertz CT molecular complexity index is 478. The van der Waals surface area contributed by atoms with E-state index >= 15 is 0 Å². The second-order valence-electron chi connectivity index (χ2n) is 5.12. The molecule has 1 aromatic carbocycles. The Labute approximate surface area is 112 Å². The molecule has 4 nitrogen and oxygen atoms in total. The maximum Gasteiger partial charge on any atom is 0.313 e. The fourth-order valence-electron chi connectivity index (χ4n) is 1.26. The van der Waals surface area contributed by atoms with Crippen LogP contribution in [-0.4, -0.2) is 17.4 Å².